The molecule has 0 N–H and O–H groups in total. The summed E-state index contributed by atoms with van der Waals surface area (Å²) in [6, 6.07) is 9.30. The molecule has 1 aliphatic heterocycles. The summed E-state index contributed by atoms with van der Waals surface area (Å²) in [5.74, 6) is 0.913. The summed E-state index contributed by atoms with van der Waals surface area (Å²) in [6.07, 6.45) is 1.87. The second-order valence-electron chi connectivity index (χ2n) is 6.54. The van der Waals surface area contributed by atoms with Crippen molar-refractivity contribution in [3.8, 4) is 0 Å². The van der Waals surface area contributed by atoms with Crippen LogP contribution in [0.1, 0.15) is 11.1 Å². The van der Waals surface area contributed by atoms with E-state index in [1.807, 2.05) is 29.2 Å². The first-order valence-electron chi connectivity index (χ1n) is 8.77. The van der Waals surface area contributed by atoms with E-state index in [1.54, 1.807) is 16.9 Å². The van der Waals surface area contributed by atoms with Crippen molar-refractivity contribution in [3.05, 3.63) is 47.8 Å². The van der Waals surface area contributed by atoms with Crippen molar-refractivity contribution < 1.29 is 9.18 Å². The minimum atomic E-state index is -0.524. The maximum absolute atomic E-state index is 13.0. The lowest BCUT2D eigenvalue weighted by atomic mass is 10.1. The first-order valence-corrected chi connectivity index (χ1v) is 9.35. The molecule has 1 aliphatic rings. The van der Waals surface area contributed by atoms with E-state index < -0.39 is 6.67 Å². The third kappa shape index (κ3) is 3.76. The third-order valence-corrected chi connectivity index (χ3v) is 5.37. The molecule has 3 heterocycles. The van der Waals surface area contributed by atoms with Gasteiger partial charge in [-0.1, -0.05) is 18.2 Å². The van der Waals surface area contributed by atoms with Crippen molar-refractivity contribution in [2.45, 2.75) is 13.1 Å². The summed E-state index contributed by atoms with van der Waals surface area (Å²) in [4.78, 5) is 16.6. The molecule has 27 heavy (non-hydrogen) atoms. The lowest BCUT2D eigenvalue weighted by molar-refractivity contribution is -0.130. The number of carbonyl (C=O) groups excluding carboxylic acids is 1. The number of rotatable bonds is 4. The molecule has 4 rings (SSSR count). The largest absolute Gasteiger partial charge is 0.352 e. The van der Waals surface area contributed by atoms with Crippen LogP contribution in [0.2, 0.25) is 0 Å². The molecular weight excluding hydrogens is 366 g/mol. The molecule has 0 spiro atoms. The predicted molar refractivity (Wildman–Crippen MR) is 104 cm³/mol. The maximum Gasteiger partial charge on any atom is 0.227 e. The van der Waals surface area contributed by atoms with E-state index >= 15 is 0 Å². The van der Waals surface area contributed by atoms with E-state index in [1.165, 1.54) is 0 Å². The average Bonchev–Trinajstić information content (AvgIpc) is 3.17. The SMILES string of the molecule is O=C(Cc1ccc(P)c(CF)c1)N1CCN(c2ccc3nncn3n2)CC1. The van der Waals surface area contributed by atoms with Gasteiger partial charge in [0.1, 0.15) is 18.8 Å². The monoisotopic (exact) mass is 386 g/mol. The van der Waals surface area contributed by atoms with Crippen LogP contribution in [0.4, 0.5) is 10.2 Å². The zero-order chi connectivity index (χ0) is 18.8. The van der Waals surface area contributed by atoms with Gasteiger partial charge in [-0.2, -0.15) is 4.52 Å². The summed E-state index contributed by atoms with van der Waals surface area (Å²) in [6.45, 7) is 2.18. The molecule has 3 aromatic rings. The molecule has 1 aromatic carbocycles. The fourth-order valence-corrected chi connectivity index (χ4v) is 3.50. The Morgan fingerprint density at radius 1 is 1.15 bits per heavy atom. The standard InChI is InChI=1S/C18H20FN6OP/c19-11-14-9-13(1-2-15(14)27)10-18(26)24-7-5-23(6-8-24)17-4-3-16-21-20-12-25(16)22-17/h1-4,9,12H,5-8,10-11,27H2. The van der Waals surface area contributed by atoms with Gasteiger partial charge in [-0.05, 0) is 28.6 Å². The van der Waals surface area contributed by atoms with Crippen molar-refractivity contribution in [1.82, 2.24) is 24.7 Å². The van der Waals surface area contributed by atoms with Gasteiger partial charge in [-0.3, -0.25) is 4.79 Å². The van der Waals surface area contributed by atoms with E-state index in [-0.39, 0.29) is 5.91 Å². The number of halogens is 1. The van der Waals surface area contributed by atoms with Crippen molar-refractivity contribution in [1.29, 1.82) is 0 Å². The number of benzene rings is 1. The Bertz CT molecular complexity index is 969. The number of piperazine rings is 1. The lowest BCUT2D eigenvalue weighted by Gasteiger charge is -2.35. The second-order valence-corrected chi connectivity index (χ2v) is 7.16. The quantitative estimate of drug-likeness (QED) is 0.626. The molecule has 1 fully saturated rings. The third-order valence-electron chi connectivity index (χ3n) is 4.81. The average molecular weight is 386 g/mol. The number of amides is 1. The number of hydrogen-bond acceptors (Lipinski definition) is 5. The Morgan fingerprint density at radius 2 is 1.96 bits per heavy atom. The summed E-state index contributed by atoms with van der Waals surface area (Å²) in [5, 5.41) is 13.1. The maximum atomic E-state index is 13.0. The Kier molecular flexibility index (Phi) is 4.99. The van der Waals surface area contributed by atoms with Gasteiger partial charge in [0.15, 0.2) is 5.65 Å². The van der Waals surface area contributed by atoms with Gasteiger partial charge in [0.05, 0.1) is 6.42 Å². The number of aromatic nitrogens is 4. The predicted octanol–water partition coefficient (Wildman–Crippen LogP) is 0.985. The van der Waals surface area contributed by atoms with Gasteiger partial charge in [0, 0.05) is 26.2 Å². The molecule has 140 valence electrons. The number of anilines is 1. The van der Waals surface area contributed by atoms with Crippen LogP contribution < -0.4 is 10.2 Å². The highest BCUT2D eigenvalue weighted by atomic mass is 31.0. The Labute approximate surface area is 158 Å². The number of alkyl halides is 1. The van der Waals surface area contributed by atoms with Crippen LogP contribution >= 0.6 is 9.24 Å². The summed E-state index contributed by atoms with van der Waals surface area (Å²) in [5.41, 5.74) is 2.17. The van der Waals surface area contributed by atoms with Crippen molar-refractivity contribution in [2.75, 3.05) is 31.1 Å². The molecule has 0 saturated carbocycles. The molecule has 7 nitrogen and oxygen atoms in total. The van der Waals surface area contributed by atoms with E-state index in [0.717, 1.165) is 16.7 Å². The zero-order valence-electron chi connectivity index (χ0n) is 14.8. The molecule has 0 bridgehead atoms. The minimum absolute atomic E-state index is 0.0678. The highest BCUT2D eigenvalue weighted by molar-refractivity contribution is 7.27. The van der Waals surface area contributed by atoms with E-state index in [4.69, 9.17) is 0 Å². The van der Waals surface area contributed by atoms with E-state index in [2.05, 4.69) is 29.4 Å². The summed E-state index contributed by atoms with van der Waals surface area (Å²) < 4.78 is 14.7. The van der Waals surface area contributed by atoms with Crippen LogP contribution in [0.5, 0.6) is 0 Å². The van der Waals surface area contributed by atoms with Gasteiger partial charge in [-0.15, -0.1) is 24.5 Å². The highest BCUT2D eigenvalue weighted by Gasteiger charge is 2.22. The normalized spacial score (nSPS) is 14.7. The fraction of sp³-hybridized carbons (Fsp3) is 0.333. The van der Waals surface area contributed by atoms with Crippen molar-refractivity contribution >= 4 is 31.9 Å². The lowest BCUT2D eigenvalue weighted by Crippen LogP contribution is -2.49. The molecule has 1 unspecified atom stereocenters. The highest BCUT2D eigenvalue weighted by Crippen LogP contribution is 2.15. The van der Waals surface area contributed by atoms with Crippen LogP contribution in [0.25, 0.3) is 5.65 Å². The first kappa shape index (κ1) is 17.8. The number of fused-ring (bicyclic) bond motifs is 1. The van der Waals surface area contributed by atoms with Crippen LogP contribution in [-0.4, -0.2) is 56.8 Å². The van der Waals surface area contributed by atoms with Gasteiger partial charge in [0.25, 0.3) is 0 Å². The Hall–Kier alpha value is -2.60. The van der Waals surface area contributed by atoms with Gasteiger partial charge < -0.3 is 9.80 Å². The minimum Gasteiger partial charge on any atom is -0.352 e. The van der Waals surface area contributed by atoms with E-state index in [9.17, 15) is 9.18 Å². The molecule has 1 amide bonds. The first-order chi connectivity index (χ1) is 13.1. The molecular formula is C18H20FN6OP. The van der Waals surface area contributed by atoms with Crippen molar-refractivity contribution in [2.24, 2.45) is 0 Å². The molecule has 1 atom stereocenters. The zero-order valence-corrected chi connectivity index (χ0v) is 15.9. The van der Waals surface area contributed by atoms with Crippen LogP contribution in [-0.2, 0) is 17.9 Å². The van der Waals surface area contributed by atoms with Gasteiger partial charge in [-0.25, -0.2) is 4.39 Å². The van der Waals surface area contributed by atoms with Crippen LogP contribution in [0.3, 0.4) is 0 Å². The Morgan fingerprint density at radius 3 is 2.74 bits per heavy atom. The molecule has 9 heteroatoms. The molecule has 0 aliphatic carbocycles. The van der Waals surface area contributed by atoms with Crippen molar-refractivity contribution in [3.63, 3.8) is 0 Å². The summed E-state index contributed by atoms with van der Waals surface area (Å²) in [7, 11) is 2.52. The number of nitrogens with zero attached hydrogens (tertiary/aromatic N) is 6. The second kappa shape index (κ2) is 7.56. The van der Waals surface area contributed by atoms with Crippen LogP contribution in [0, 0.1) is 0 Å². The summed E-state index contributed by atoms with van der Waals surface area (Å²) >= 11 is 0. The molecule has 2 aromatic heterocycles. The topological polar surface area (TPSA) is 66.6 Å². The number of hydrogen-bond donors (Lipinski definition) is 0. The van der Waals surface area contributed by atoms with Gasteiger partial charge in [0.2, 0.25) is 5.91 Å². The van der Waals surface area contributed by atoms with Crippen LogP contribution in [0.15, 0.2) is 36.7 Å². The van der Waals surface area contributed by atoms with Gasteiger partial charge >= 0.3 is 0 Å². The smallest absolute Gasteiger partial charge is 0.227 e. The molecule has 0 radical (unpaired) electrons. The molecule has 1 saturated heterocycles. The fourth-order valence-electron chi connectivity index (χ4n) is 3.24. The number of carbonyl (C=O) groups is 1. The van der Waals surface area contributed by atoms with E-state index in [0.29, 0.717) is 43.8 Å². The Balaban J connectivity index is 1.37.